The van der Waals surface area contributed by atoms with E-state index in [-0.39, 0.29) is 0 Å². The van der Waals surface area contributed by atoms with Gasteiger partial charge in [0.25, 0.3) is 0 Å². The first-order chi connectivity index (χ1) is 6.11. The molecule has 1 heterocycles. The van der Waals surface area contributed by atoms with Crippen LogP contribution in [0.1, 0.15) is 22.4 Å². The van der Waals surface area contributed by atoms with Gasteiger partial charge in [0, 0.05) is 17.8 Å². The fourth-order valence-electron chi connectivity index (χ4n) is 1.37. The maximum Gasteiger partial charge on any atom is 0.218 e. The third-order valence-electron chi connectivity index (χ3n) is 2.48. The zero-order valence-corrected chi connectivity index (χ0v) is 8.64. The molecule has 0 aliphatic rings. The number of pyridine rings is 1. The van der Waals surface area contributed by atoms with Crippen LogP contribution in [-0.2, 0) is 6.54 Å². The SMILES string of the molecule is COc1nc(C)c(C)c(C)c1CN. The molecule has 1 rings (SSSR count). The van der Waals surface area contributed by atoms with Crippen molar-refractivity contribution < 1.29 is 4.74 Å². The van der Waals surface area contributed by atoms with E-state index in [4.69, 9.17) is 10.5 Å². The molecule has 1 aromatic heterocycles. The number of hydrogen-bond donors (Lipinski definition) is 1. The summed E-state index contributed by atoms with van der Waals surface area (Å²) in [5, 5.41) is 0. The summed E-state index contributed by atoms with van der Waals surface area (Å²) in [5.41, 5.74) is 10.0. The Balaban J connectivity index is 3.39. The van der Waals surface area contributed by atoms with Crippen molar-refractivity contribution in [3.63, 3.8) is 0 Å². The van der Waals surface area contributed by atoms with E-state index in [1.165, 1.54) is 11.1 Å². The molecule has 72 valence electrons. The minimum absolute atomic E-state index is 0.475. The predicted molar refractivity (Wildman–Crippen MR) is 52.9 cm³/mol. The van der Waals surface area contributed by atoms with Crippen LogP contribution in [-0.4, -0.2) is 12.1 Å². The highest BCUT2D eigenvalue weighted by Crippen LogP contribution is 2.23. The van der Waals surface area contributed by atoms with E-state index in [0.717, 1.165) is 11.3 Å². The van der Waals surface area contributed by atoms with Gasteiger partial charge in [-0.05, 0) is 31.9 Å². The molecule has 0 fully saturated rings. The molecule has 3 nitrogen and oxygen atoms in total. The predicted octanol–water partition coefficient (Wildman–Crippen LogP) is 1.47. The number of aryl methyl sites for hydroxylation is 1. The van der Waals surface area contributed by atoms with Crippen LogP contribution in [0.3, 0.4) is 0 Å². The van der Waals surface area contributed by atoms with E-state index in [9.17, 15) is 0 Å². The number of ether oxygens (including phenoxy) is 1. The van der Waals surface area contributed by atoms with Crippen molar-refractivity contribution in [1.29, 1.82) is 0 Å². The molecular weight excluding hydrogens is 164 g/mol. The van der Waals surface area contributed by atoms with Crippen molar-refractivity contribution in [2.24, 2.45) is 5.73 Å². The van der Waals surface area contributed by atoms with Crippen LogP contribution in [0, 0.1) is 20.8 Å². The molecule has 0 bridgehead atoms. The fourth-order valence-corrected chi connectivity index (χ4v) is 1.37. The Morgan fingerprint density at radius 1 is 1.23 bits per heavy atom. The van der Waals surface area contributed by atoms with Gasteiger partial charge in [-0.15, -0.1) is 0 Å². The number of aromatic nitrogens is 1. The van der Waals surface area contributed by atoms with Gasteiger partial charge in [0.05, 0.1) is 7.11 Å². The highest BCUT2D eigenvalue weighted by molar-refractivity contribution is 5.41. The average molecular weight is 180 g/mol. The lowest BCUT2D eigenvalue weighted by Crippen LogP contribution is -2.07. The molecule has 0 aromatic carbocycles. The van der Waals surface area contributed by atoms with Crippen LogP contribution in [0.15, 0.2) is 0 Å². The smallest absolute Gasteiger partial charge is 0.218 e. The summed E-state index contributed by atoms with van der Waals surface area (Å²) in [5.74, 6) is 0.656. The molecule has 1 aromatic rings. The van der Waals surface area contributed by atoms with Crippen LogP contribution in [0.4, 0.5) is 0 Å². The van der Waals surface area contributed by atoms with Crippen LogP contribution >= 0.6 is 0 Å². The van der Waals surface area contributed by atoms with Gasteiger partial charge in [-0.25, -0.2) is 4.98 Å². The summed E-state index contributed by atoms with van der Waals surface area (Å²) >= 11 is 0. The number of nitrogens with two attached hydrogens (primary N) is 1. The Kier molecular flexibility index (Phi) is 2.88. The van der Waals surface area contributed by atoms with Crippen molar-refractivity contribution in [2.45, 2.75) is 27.3 Å². The summed E-state index contributed by atoms with van der Waals surface area (Å²) in [6, 6.07) is 0. The van der Waals surface area contributed by atoms with Crippen molar-refractivity contribution in [3.8, 4) is 5.88 Å². The van der Waals surface area contributed by atoms with Gasteiger partial charge in [-0.1, -0.05) is 0 Å². The van der Waals surface area contributed by atoms with Crippen molar-refractivity contribution in [2.75, 3.05) is 7.11 Å². The second-order valence-corrected chi connectivity index (χ2v) is 3.14. The van der Waals surface area contributed by atoms with E-state index in [1.807, 2.05) is 6.92 Å². The highest BCUT2D eigenvalue weighted by Gasteiger charge is 2.10. The van der Waals surface area contributed by atoms with Crippen molar-refractivity contribution >= 4 is 0 Å². The molecule has 0 saturated heterocycles. The van der Waals surface area contributed by atoms with E-state index in [1.54, 1.807) is 7.11 Å². The van der Waals surface area contributed by atoms with E-state index < -0.39 is 0 Å². The van der Waals surface area contributed by atoms with Crippen LogP contribution in [0.2, 0.25) is 0 Å². The molecule has 0 aliphatic carbocycles. The average Bonchev–Trinajstić information content (AvgIpc) is 2.13. The lowest BCUT2D eigenvalue weighted by atomic mass is 10.0. The summed E-state index contributed by atoms with van der Waals surface area (Å²) in [4.78, 5) is 4.32. The van der Waals surface area contributed by atoms with Gasteiger partial charge in [0.2, 0.25) is 5.88 Å². The van der Waals surface area contributed by atoms with E-state index >= 15 is 0 Å². The molecular formula is C10H16N2O. The lowest BCUT2D eigenvalue weighted by Gasteiger charge is -2.13. The number of hydrogen-bond acceptors (Lipinski definition) is 3. The van der Waals surface area contributed by atoms with Gasteiger partial charge in [0.1, 0.15) is 0 Å². The molecule has 3 heteroatoms. The highest BCUT2D eigenvalue weighted by atomic mass is 16.5. The maximum atomic E-state index is 5.63. The third-order valence-corrected chi connectivity index (χ3v) is 2.48. The molecule has 0 unspecified atom stereocenters. The summed E-state index contributed by atoms with van der Waals surface area (Å²) in [6.07, 6.45) is 0. The summed E-state index contributed by atoms with van der Waals surface area (Å²) in [7, 11) is 1.62. The Morgan fingerprint density at radius 2 is 1.85 bits per heavy atom. The largest absolute Gasteiger partial charge is 0.481 e. The first kappa shape index (κ1) is 9.99. The van der Waals surface area contributed by atoms with Gasteiger partial charge >= 0.3 is 0 Å². The van der Waals surface area contributed by atoms with Crippen molar-refractivity contribution in [1.82, 2.24) is 4.98 Å². The first-order valence-electron chi connectivity index (χ1n) is 4.32. The Hall–Kier alpha value is -1.09. The van der Waals surface area contributed by atoms with Crippen LogP contribution in [0.5, 0.6) is 5.88 Å². The van der Waals surface area contributed by atoms with E-state index in [2.05, 4.69) is 18.8 Å². The quantitative estimate of drug-likeness (QED) is 0.749. The van der Waals surface area contributed by atoms with Gasteiger partial charge in [-0.2, -0.15) is 0 Å². The monoisotopic (exact) mass is 180 g/mol. The number of methoxy groups -OCH3 is 1. The molecule has 0 saturated carbocycles. The van der Waals surface area contributed by atoms with E-state index in [0.29, 0.717) is 12.4 Å². The number of nitrogens with zero attached hydrogens (tertiary/aromatic N) is 1. The lowest BCUT2D eigenvalue weighted by molar-refractivity contribution is 0.391. The second kappa shape index (κ2) is 3.75. The standard InChI is InChI=1S/C10H16N2O/c1-6-7(2)9(5-11)10(13-4)12-8(6)3/h5,11H2,1-4H3. The first-order valence-corrected chi connectivity index (χ1v) is 4.32. The van der Waals surface area contributed by atoms with Crippen LogP contribution in [0.25, 0.3) is 0 Å². The zero-order chi connectivity index (χ0) is 10.0. The van der Waals surface area contributed by atoms with Crippen LogP contribution < -0.4 is 10.5 Å². The Morgan fingerprint density at radius 3 is 2.31 bits per heavy atom. The number of rotatable bonds is 2. The molecule has 0 spiro atoms. The molecule has 0 amide bonds. The summed E-state index contributed by atoms with van der Waals surface area (Å²) < 4.78 is 5.16. The topological polar surface area (TPSA) is 48.1 Å². The van der Waals surface area contributed by atoms with Gasteiger partial charge < -0.3 is 10.5 Å². The molecule has 0 aliphatic heterocycles. The van der Waals surface area contributed by atoms with Gasteiger partial charge in [0.15, 0.2) is 0 Å². The van der Waals surface area contributed by atoms with Crippen molar-refractivity contribution in [3.05, 3.63) is 22.4 Å². The fraction of sp³-hybridized carbons (Fsp3) is 0.500. The molecule has 2 N–H and O–H groups in total. The summed E-state index contributed by atoms with van der Waals surface area (Å²) in [6.45, 7) is 6.55. The van der Waals surface area contributed by atoms with Gasteiger partial charge in [-0.3, -0.25) is 0 Å². The second-order valence-electron chi connectivity index (χ2n) is 3.14. The molecule has 0 radical (unpaired) electrons. The Labute approximate surface area is 78.9 Å². The Bertz CT molecular complexity index is 321. The minimum atomic E-state index is 0.475. The molecule has 13 heavy (non-hydrogen) atoms. The maximum absolute atomic E-state index is 5.63. The third kappa shape index (κ3) is 1.65. The normalized spacial score (nSPS) is 10.2. The molecule has 0 atom stereocenters. The minimum Gasteiger partial charge on any atom is -0.481 e. The zero-order valence-electron chi connectivity index (χ0n) is 8.64.